The number of hydrogen-bond donors (Lipinski definition) is 1. The van der Waals surface area contributed by atoms with E-state index in [0.717, 1.165) is 27.2 Å². The SMILES string of the molecule is O=C(CSc1ccc(-c2ccc3c(c2)OCO3)nn1)Nc1nc2ccccc2s1. The third-order valence-electron chi connectivity index (χ3n) is 4.20. The van der Waals surface area contributed by atoms with Crippen molar-refractivity contribution in [2.24, 2.45) is 0 Å². The summed E-state index contributed by atoms with van der Waals surface area (Å²) in [6.45, 7) is 0.235. The smallest absolute Gasteiger partial charge is 0.236 e. The molecule has 7 nitrogen and oxygen atoms in total. The van der Waals surface area contributed by atoms with Gasteiger partial charge in [0, 0.05) is 5.56 Å². The molecule has 1 N–H and O–H groups in total. The van der Waals surface area contributed by atoms with Crippen LogP contribution in [0, 0.1) is 0 Å². The quantitative estimate of drug-likeness (QED) is 0.482. The van der Waals surface area contributed by atoms with E-state index in [1.807, 2.05) is 54.6 Å². The van der Waals surface area contributed by atoms with E-state index in [-0.39, 0.29) is 18.5 Å². The lowest BCUT2D eigenvalue weighted by Crippen LogP contribution is -2.13. The second-order valence-electron chi connectivity index (χ2n) is 6.15. The molecule has 1 aliphatic heterocycles. The Bertz CT molecular complexity index is 1160. The Hall–Kier alpha value is -3.17. The van der Waals surface area contributed by atoms with E-state index >= 15 is 0 Å². The number of para-hydroxylation sites is 1. The summed E-state index contributed by atoms with van der Waals surface area (Å²) in [4.78, 5) is 16.6. The van der Waals surface area contributed by atoms with Crippen LogP contribution in [0.2, 0.25) is 0 Å². The highest BCUT2D eigenvalue weighted by Crippen LogP contribution is 2.35. The summed E-state index contributed by atoms with van der Waals surface area (Å²) in [5.41, 5.74) is 2.50. The van der Waals surface area contributed by atoms with Crippen LogP contribution in [-0.4, -0.2) is 33.6 Å². The lowest BCUT2D eigenvalue weighted by atomic mass is 10.1. The van der Waals surface area contributed by atoms with Crippen LogP contribution in [0.25, 0.3) is 21.5 Å². The van der Waals surface area contributed by atoms with Gasteiger partial charge in [-0.15, -0.1) is 10.2 Å². The molecule has 3 heterocycles. The molecule has 5 rings (SSSR count). The first-order valence-corrected chi connectivity index (χ1v) is 10.6. The van der Waals surface area contributed by atoms with Gasteiger partial charge in [-0.1, -0.05) is 35.2 Å². The van der Waals surface area contributed by atoms with E-state index < -0.39 is 0 Å². The maximum Gasteiger partial charge on any atom is 0.236 e. The maximum absolute atomic E-state index is 12.2. The van der Waals surface area contributed by atoms with E-state index in [0.29, 0.717) is 15.9 Å². The number of amides is 1. The van der Waals surface area contributed by atoms with Gasteiger partial charge in [0.05, 0.1) is 21.7 Å². The number of nitrogens with zero attached hydrogens (tertiary/aromatic N) is 3. The number of nitrogens with one attached hydrogen (secondary N) is 1. The van der Waals surface area contributed by atoms with Crippen LogP contribution in [0.15, 0.2) is 59.6 Å². The molecule has 0 fully saturated rings. The summed E-state index contributed by atoms with van der Waals surface area (Å²) in [6, 6.07) is 17.2. The molecule has 9 heteroatoms. The van der Waals surface area contributed by atoms with Gasteiger partial charge in [-0.3, -0.25) is 4.79 Å². The second-order valence-corrected chi connectivity index (χ2v) is 8.17. The number of thioether (sulfide) groups is 1. The van der Waals surface area contributed by atoms with Gasteiger partial charge in [0.2, 0.25) is 12.7 Å². The van der Waals surface area contributed by atoms with Gasteiger partial charge in [0.1, 0.15) is 5.03 Å². The van der Waals surface area contributed by atoms with Crippen LogP contribution in [0.1, 0.15) is 0 Å². The van der Waals surface area contributed by atoms with E-state index in [1.54, 1.807) is 0 Å². The predicted octanol–water partition coefficient (Wildman–Crippen LogP) is 4.21. The molecule has 0 spiro atoms. The van der Waals surface area contributed by atoms with Gasteiger partial charge >= 0.3 is 0 Å². The normalized spacial score (nSPS) is 12.3. The Balaban J connectivity index is 1.20. The molecule has 2 aromatic heterocycles. The Morgan fingerprint density at radius 2 is 1.97 bits per heavy atom. The molecular formula is C20H14N4O3S2. The number of thiazole rings is 1. The van der Waals surface area contributed by atoms with Crippen molar-refractivity contribution in [2.75, 3.05) is 17.9 Å². The zero-order chi connectivity index (χ0) is 19.6. The van der Waals surface area contributed by atoms with Crippen molar-refractivity contribution in [3.63, 3.8) is 0 Å². The topological polar surface area (TPSA) is 86.2 Å². The van der Waals surface area contributed by atoms with Crippen LogP contribution in [0.3, 0.4) is 0 Å². The van der Waals surface area contributed by atoms with Crippen molar-refractivity contribution < 1.29 is 14.3 Å². The number of fused-ring (bicyclic) bond motifs is 2. The maximum atomic E-state index is 12.2. The average Bonchev–Trinajstić information content (AvgIpc) is 3.38. The minimum atomic E-state index is -0.129. The number of anilines is 1. The number of hydrogen-bond acceptors (Lipinski definition) is 8. The Labute approximate surface area is 174 Å². The summed E-state index contributed by atoms with van der Waals surface area (Å²) in [7, 11) is 0. The third kappa shape index (κ3) is 3.87. The van der Waals surface area contributed by atoms with Crippen molar-refractivity contribution >= 4 is 44.4 Å². The minimum absolute atomic E-state index is 0.129. The van der Waals surface area contributed by atoms with Crippen LogP contribution >= 0.6 is 23.1 Å². The molecule has 4 aromatic rings. The lowest BCUT2D eigenvalue weighted by Gasteiger charge is -2.04. The predicted molar refractivity (Wildman–Crippen MR) is 113 cm³/mol. The summed E-state index contributed by atoms with van der Waals surface area (Å²) in [5, 5.41) is 12.6. The molecule has 1 aliphatic rings. The lowest BCUT2D eigenvalue weighted by molar-refractivity contribution is -0.113. The Kier molecular flexibility index (Phi) is 4.74. The molecule has 1 amide bonds. The van der Waals surface area contributed by atoms with Gasteiger partial charge in [-0.05, 0) is 42.5 Å². The van der Waals surface area contributed by atoms with Crippen molar-refractivity contribution in [3.8, 4) is 22.8 Å². The number of aromatic nitrogens is 3. The zero-order valence-corrected chi connectivity index (χ0v) is 16.6. The van der Waals surface area contributed by atoms with Gasteiger partial charge in [-0.25, -0.2) is 4.98 Å². The molecule has 0 saturated carbocycles. The van der Waals surface area contributed by atoms with Crippen LogP contribution < -0.4 is 14.8 Å². The molecule has 0 atom stereocenters. The summed E-state index contributed by atoms with van der Waals surface area (Å²) < 4.78 is 11.8. The van der Waals surface area contributed by atoms with Crippen molar-refractivity contribution in [1.82, 2.24) is 15.2 Å². The first kappa shape index (κ1) is 17.9. The average molecular weight is 422 g/mol. The number of carbonyl (C=O) groups excluding carboxylic acids is 1. The van der Waals surface area contributed by atoms with Crippen molar-refractivity contribution in [3.05, 3.63) is 54.6 Å². The third-order valence-corrected chi connectivity index (χ3v) is 6.07. The van der Waals surface area contributed by atoms with Gasteiger partial charge < -0.3 is 14.8 Å². The number of benzene rings is 2. The molecule has 0 radical (unpaired) electrons. The highest BCUT2D eigenvalue weighted by Gasteiger charge is 2.15. The standard InChI is InChI=1S/C20H14N4O3S2/c25-18(22-20-21-14-3-1-2-4-17(14)29-20)10-28-19-8-6-13(23-24-19)12-5-7-15-16(9-12)27-11-26-15/h1-9H,10-11H2,(H,21,22,25). The molecule has 0 saturated heterocycles. The van der Waals surface area contributed by atoms with E-state index in [9.17, 15) is 4.79 Å². The fraction of sp³-hybridized carbons (Fsp3) is 0.100. The van der Waals surface area contributed by atoms with E-state index in [4.69, 9.17) is 9.47 Å². The molecule has 29 heavy (non-hydrogen) atoms. The van der Waals surface area contributed by atoms with Gasteiger partial charge in [0.15, 0.2) is 16.6 Å². The molecule has 0 bridgehead atoms. The van der Waals surface area contributed by atoms with Gasteiger partial charge in [0.25, 0.3) is 0 Å². The molecule has 0 unspecified atom stereocenters. The number of carbonyl (C=O) groups is 1. The highest BCUT2D eigenvalue weighted by molar-refractivity contribution is 7.99. The first-order chi connectivity index (χ1) is 14.2. The van der Waals surface area contributed by atoms with Crippen LogP contribution in [0.4, 0.5) is 5.13 Å². The van der Waals surface area contributed by atoms with Gasteiger partial charge in [-0.2, -0.15) is 0 Å². The molecular weight excluding hydrogens is 408 g/mol. The Morgan fingerprint density at radius 3 is 2.83 bits per heavy atom. The highest BCUT2D eigenvalue weighted by atomic mass is 32.2. The summed E-state index contributed by atoms with van der Waals surface area (Å²) in [6.07, 6.45) is 0. The van der Waals surface area contributed by atoms with E-state index in [2.05, 4.69) is 20.5 Å². The molecule has 0 aliphatic carbocycles. The minimum Gasteiger partial charge on any atom is -0.454 e. The second kappa shape index (κ2) is 7.69. The largest absolute Gasteiger partial charge is 0.454 e. The molecule has 144 valence electrons. The zero-order valence-electron chi connectivity index (χ0n) is 15.0. The van der Waals surface area contributed by atoms with Crippen LogP contribution in [0.5, 0.6) is 11.5 Å². The van der Waals surface area contributed by atoms with E-state index in [1.165, 1.54) is 23.1 Å². The fourth-order valence-corrected chi connectivity index (χ4v) is 4.32. The fourth-order valence-electron chi connectivity index (χ4n) is 2.83. The molecule has 2 aromatic carbocycles. The number of ether oxygens (including phenoxy) is 2. The van der Waals surface area contributed by atoms with Crippen molar-refractivity contribution in [2.45, 2.75) is 5.03 Å². The van der Waals surface area contributed by atoms with Crippen LogP contribution in [-0.2, 0) is 4.79 Å². The Morgan fingerprint density at radius 1 is 1.07 bits per heavy atom. The monoisotopic (exact) mass is 422 g/mol. The first-order valence-electron chi connectivity index (χ1n) is 8.76. The summed E-state index contributed by atoms with van der Waals surface area (Å²) >= 11 is 2.78. The number of rotatable bonds is 5. The van der Waals surface area contributed by atoms with Crippen molar-refractivity contribution in [1.29, 1.82) is 0 Å². The summed E-state index contributed by atoms with van der Waals surface area (Å²) in [5.74, 6) is 1.53.